The molecule has 0 saturated heterocycles. The number of rotatable bonds is 3. The zero-order chi connectivity index (χ0) is 13.9. The summed E-state index contributed by atoms with van der Waals surface area (Å²) in [5.74, 6) is -0.657. The summed E-state index contributed by atoms with van der Waals surface area (Å²) in [5, 5.41) is 13.7. The summed E-state index contributed by atoms with van der Waals surface area (Å²) in [6.45, 7) is 0. The summed E-state index contributed by atoms with van der Waals surface area (Å²) in [4.78, 5) is 12.3. The van der Waals surface area contributed by atoms with Gasteiger partial charge in [-0.1, -0.05) is 12.8 Å². The maximum Gasteiger partial charge on any atom is 0.253 e. The Morgan fingerprint density at radius 3 is 2.85 bits per heavy atom. The Kier molecular flexibility index (Phi) is 3.41. The monoisotopic (exact) mass is 275 g/mol. The molecule has 1 aromatic carbocycles. The number of carbonyl (C=O) groups is 1. The molecule has 104 valence electrons. The quantitative estimate of drug-likeness (QED) is 0.920. The van der Waals surface area contributed by atoms with Gasteiger partial charge in [0.15, 0.2) is 0 Å². The van der Waals surface area contributed by atoms with Crippen molar-refractivity contribution in [3.63, 3.8) is 0 Å². The molecule has 0 radical (unpaired) electrons. The predicted molar refractivity (Wildman–Crippen MR) is 68.8 cm³/mol. The summed E-state index contributed by atoms with van der Waals surface area (Å²) < 4.78 is 14.7. The Labute approximate surface area is 115 Å². The van der Waals surface area contributed by atoms with E-state index in [0.717, 1.165) is 25.7 Å². The van der Waals surface area contributed by atoms with Crippen molar-refractivity contribution < 1.29 is 9.18 Å². The minimum atomic E-state index is -0.437. The molecule has 1 aliphatic carbocycles. The summed E-state index contributed by atoms with van der Waals surface area (Å²) in [6, 6.07) is 4.17. The van der Waals surface area contributed by atoms with Crippen molar-refractivity contribution in [1.82, 2.24) is 25.5 Å². The van der Waals surface area contributed by atoms with E-state index in [-0.39, 0.29) is 11.9 Å². The number of hydrogen-bond donors (Lipinski definition) is 1. The van der Waals surface area contributed by atoms with Gasteiger partial charge in [0.25, 0.3) is 5.91 Å². The minimum Gasteiger partial charge on any atom is -0.349 e. The molecule has 1 aromatic heterocycles. The SMILES string of the molecule is O=C(NC1CCCC1)c1ccc(F)cc1-n1cnnn1. The van der Waals surface area contributed by atoms with Crippen LogP contribution in [-0.2, 0) is 0 Å². The molecule has 0 bridgehead atoms. The van der Waals surface area contributed by atoms with Crippen molar-refractivity contribution in [2.24, 2.45) is 0 Å². The summed E-state index contributed by atoms with van der Waals surface area (Å²) in [5.41, 5.74) is 0.705. The maximum absolute atomic E-state index is 13.4. The highest BCUT2D eigenvalue weighted by atomic mass is 19.1. The zero-order valence-corrected chi connectivity index (χ0v) is 10.8. The lowest BCUT2D eigenvalue weighted by Gasteiger charge is -2.14. The molecule has 1 saturated carbocycles. The van der Waals surface area contributed by atoms with Gasteiger partial charge in [0, 0.05) is 12.1 Å². The van der Waals surface area contributed by atoms with Gasteiger partial charge in [0.2, 0.25) is 0 Å². The van der Waals surface area contributed by atoms with E-state index in [2.05, 4.69) is 20.8 Å². The Hall–Kier alpha value is -2.31. The first-order chi connectivity index (χ1) is 9.74. The Morgan fingerprint density at radius 1 is 1.35 bits per heavy atom. The van der Waals surface area contributed by atoms with E-state index < -0.39 is 5.82 Å². The molecule has 0 aliphatic heterocycles. The first-order valence-corrected chi connectivity index (χ1v) is 6.58. The third-order valence-corrected chi connectivity index (χ3v) is 3.49. The molecule has 1 aliphatic rings. The normalized spacial score (nSPS) is 15.4. The highest BCUT2D eigenvalue weighted by molar-refractivity contribution is 5.97. The van der Waals surface area contributed by atoms with E-state index in [9.17, 15) is 9.18 Å². The molecule has 7 heteroatoms. The van der Waals surface area contributed by atoms with Gasteiger partial charge < -0.3 is 5.32 Å². The van der Waals surface area contributed by atoms with Crippen molar-refractivity contribution in [2.45, 2.75) is 31.7 Å². The van der Waals surface area contributed by atoms with Crippen molar-refractivity contribution in [1.29, 1.82) is 0 Å². The van der Waals surface area contributed by atoms with E-state index in [4.69, 9.17) is 0 Å². The van der Waals surface area contributed by atoms with Crippen LogP contribution in [-0.4, -0.2) is 32.2 Å². The number of amides is 1. The topological polar surface area (TPSA) is 72.7 Å². The van der Waals surface area contributed by atoms with Gasteiger partial charge in [0.1, 0.15) is 12.1 Å². The molecule has 1 fully saturated rings. The Balaban J connectivity index is 1.90. The number of nitrogens with one attached hydrogen (secondary N) is 1. The molecular weight excluding hydrogens is 261 g/mol. The highest BCUT2D eigenvalue weighted by Crippen LogP contribution is 2.20. The highest BCUT2D eigenvalue weighted by Gasteiger charge is 2.20. The van der Waals surface area contributed by atoms with Crippen molar-refractivity contribution in [3.8, 4) is 5.69 Å². The fraction of sp³-hybridized carbons (Fsp3) is 0.385. The van der Waals surface area contributed by atoms with E-state index in [1.54, 1.807) is 0 Å². The second-order valence-electron chi connectivity index (χ2n) is 4.87. The maximum atomic E-state index is 13.4. The summed E-state index contributed by atoms with van der Waals surface area (Å²) in [7, 11) is 0. The van der Waals surface area contributed by atoms with E-state index in [1.165, 1.54) is 29.2 Å². The van der Waals surface area contributed by atoms with Crippen molar-refractivity contribution in [3.05, 3.63) is 35.9 Å². The van der Waals surface area contributed by atoms with Crippen molar-refractivity contribution >= 4 is 5.91 Å². The van der Waals surface area contributed by atoms with Gasteiger partial charge in [-0.3, -0.25) is 4.79 Å². The summed E-state index contributed by atoms with van der Waals surface area (Å²) in [6.07, 6.45) is 5.59. The smallest absolute Gasteiger partial charge is 0.253 e. The van der Waals surface area contributed by atoms with Crippen LogP contribution in [0.4, 0.5) is 4.39 Å². The van der Waals surface area contributed by atoms with Gasteiger partial charge in [-0.15, -0.1) is 5.10 Å². The molecule has 1 N–H and O–H groups in total. The van der Waals surface area contributed by atoms with Crippen LogP contribution in [0.1, 0.15) is 36.0 Å². The number of nitrogens with zero attached hydrogens (tertiary/aromatic N) is 4. The van der Waals surface area contributed by atoms with Gasteiger partial charge in [0.05, 0.1) is 11.3 Å². The molecule has 0 atom stereocenters. The molecule has 1 amide bonds. The van der Waals surface area contributed by atoms with Crippen LogP contribution in [0.3, 0.4) is 0 Å². The number of hydrogen-bond acceptors (Lipinski definition) is 4. The predicted octanol–water partition coefficient (Wildman–Crippen LogP) is 1.47. The average Bonchev–Trinajstić information content (AvgIpc) is 3.11. The molecule has 3 rings (SSSR count). The molecule has 0 unspecified atom stereocenters. The fourth-order valence-electron chi connectivity index (χ4n) is 2.49. The number of carbonyl (C=O) groups excluding carboxylic acids is 1. The number of aromatic nitrogens is 4. The molecule has 1 heterocycles. The second kappa shape index (κ2) is 5.36. The number of benzene rings is 1. The third-order valence-electron chi connectivity index (χ3n) is 3.49. The van der Waals surface area contributed by atoms with Gasteiger partial charge in [-0.2, -0.15) is 4.68 Å². The largest absolute Gasteiger partial charge is 0.349 e. The van der Waals surface area contributed by atoms with Crippen LogP contribution in [0.15, 0.2) is 24.5 Å². The standard InChI is InChI=1S/C13H14FN5O/c14-9-5-6-11(12(7-9)19-8-15-17-18-19)13(20)16-10-3-1-2-4-10/h5-8,10H,1-4H2,(H,16,20). The van der Waals surface area contributed by atoms with E-state index >= 15 is 0 Å². The lowest BCUT2D eigenvalue weighted by Crippen LogP contribution is -2.33. The number of halogens is 1. The lowest BCUT2D eigenvalue weighted by atomic mass is 10.1. The van der Waals surface area contributed by atoms with Crippen LogP contribution in [0.2, 0.25) is 0 Å². The first kappa shape index (κ1) is 12.7. The molecule has 6 nitrogen and oxygen atoms in total. The van der Waals surface area contributed by atoms with Gasteiger partial charge >= 0.3 is 0 Å². The average molecular weight is 275 g/mol. The minimum absolute atomic E-state index is 0.203. The molecule has 20 heavy (non-hydrogen) atoms. The van der Waals surface area contributed by atoms with Crippen molar-refractivity contribution in [2.75, 3.05) is 0 Å². The van der Waals surface area contributed by atoms with Crippen LogP contribution >= 0.6 is 0 Å². The van der Waals surface area contributed by atoms with Crippen LogP contribution in [0, 0.1) is 5.82 Å². The molecule has 0 spiro atoms. The molecular formula is C13H14FN5O. The lowest BCUT2D eigenvalue weighted by molar-refractivity contribution is 0.0937. The third kappa shape index (κ3) is 2.52. The van der Waals surface area contributed by atoms with E-state index in [1.807, 2.05) is 0 Å². The van der Waals surface area contributed by atoms with Gasteiger partial charge in [-0.25, -0.2) is 4.39 Å². The van der Waals surface area contributed by atoms with Gasteiger partial charge in [-0.05, 0) is 35.4 Å². The van der Waals surface area contributed by atoms with Crippen LogP contribution < -0.4 is 5.32 Å². The van der Waals surface area contributed by atoms with Crippen LogP contribution in [0.5, 0.6) is 0 Å². The second-order valence-corrected chi connectivity index (χ2v) is 4.87. The van der Waals surface area contributed by atoms with E-state index in [0.29, 0.717) is 11.3 Å². The summed E-state index contributed by atoms with van der Waals surface area (Å²) >= 11 is 0. The first-order valence-electron chi connectivity index (χ1n) is 6.58. The molecule has 2 aromatic rings. The Bertz CT molecular complexity index is 607. The number of tetrazole rings is 1. The Morgan fingerprint density at radius 2 is 2.15 bits per heavy atom. The fourth-order valence-corrected chi connectivity index (χ4v) is 2.49. The van der Waals surface area contributed by atoms with Crippen LogP contribution in [0.25, 0.3) is 5.69 Å². The zero-order valence-electron chi connectivity index (χ0n) is 10.8.